The van der Waals surface area contributed by atoms with Crippen molar-refractivity contribution in [3.63, 3.8) is 0 Å². The Morgan fingerprint density at radius 1 is 1.31 bits per heavy atom. The van der Waals surface area contributed by atoms with Crippen molar-refractivity contribution in [2.75, 3.05) is 19.8 Å². The molecule has 1 aromatic rings. The lowest BCUT2D eigenvalue weighted by molar-refractivity contribution is -0.0472. The van der Waals surface area contributed by atoms with Gasteiger partial charge in [0.15, 0.2) is 0 Å². The molecule has 2 unspecified atom stereocenters. The highest BCUT2D eigenvalue weighted by molar-refractivity contribution is 5.35. The lowest BCUT2D eigenvalue weighted by atomic mass is 10.1. The first-order valence-electron chi connectivity index (χ1n) is 5.78. The lowest BCUT2D eigenvalue weighted by Crippen LogP contribution is -2.20. The van der Waals surface area contributed by atoms with E-state index in [2.05, 4.69) is 0 Å². The van der Waals surface area contributed by atoms with Crippen molar-refractivity contribution in [2.24, 2.45) is 0 Å². The van der Waals surface area contributed by atoms with E-state index in [9.17, 15) is 5.11 Å². The number of rotatable bonds is 5. The largest absolute Gasteiger partial charge is 0.386 e. The molecule has 1 N–H and O–H groups in total. The van der Waals surface area contributed by atoms with Crippen molar-refractivity contribution in [2.45, 2.75) is 25.6 Å². The number of aliphatic hydroxyl groups excluding tert-OH is 1. The first-order chi connectivity index (χ1) is 7.83. The van der Waals surface area contributed by atoms with Crippen molar-refractivity contribution >= 4 is 0 Å². The van der Waals surface area contributed by atoms with Gasteiger partial charge in [-0.3, -0.25) is 0 Å². The molecule has 3 nitrogen and oxygen atoms in total. The van der Waals surface area contributed by atoms with Gasteiger partial charge < -0.3 is 14.6 Å². The Kier molecular flexibility index (Phi) is 3.93. The van der Waals surface area contributed by atoms with E-state index < -0.39 is 6.10 Å². The first kappa shape index (κ1) is 11.6. The van der Waals surface area contributed by atoms with E-state index in [1.165, 1.54) is 5.56 Å². The molecule has 0 saturated heterocycles. The quantitative estimate of drug-likeness (QED) is 0.771. The van der Waals surface area contributed by atoms with Crippen LogP contribution in [0.25, 0.3) is 0 Å². The minimum atomic E-state index is -0.488. The maximum absolute atomic E-state index is 10.0. The van der Waals surface area contributed by atoms with E-state index in [4.69, 9.17) is 9.47 Å². The van der Waals surface area contributed by atoms with Crippen LogP contribution in [0.4, 0.5) is 0 Å². The molecule has 0 aromatic heterocycles. The zero-order chi connectivity index (χ0) is 11.4. The van der Waals surface area contributed by atoms with Crippen LogP contribution in [0.15, 0.2) is 24.3 Å². The summed E-state index contributed by atoms with van der Waals surface area (Å²) in [5, 5.41) is 10.0. The molecule has 0 radical (unpaired) electrons. The van der Waals surface area contributed by atoms with Crippen LogP contribution in [0.3, 0.4) is 0 Å². The Morgan fingerprint density at radius 3 is 2.88 bits per heavy atom. The summed E-state index contributed by atoms with van der Waals surface area (Å²) in [7, 11) is 0. The molecule has 0 fully saturated rings. The predicted molar refractivity (Wildman–Crippen MR) is 61.3 cm³/mol. The number of hydrogen-bond acceptors (Lipinski definition) is 3. The van der Waals surface area contributed by atoms with Crippen LogP contribution < -0.4 is 0 Å². The average Bonchev–Trinajstić information content (AvgIpc) is 2.63. The summed E-state index contributed by atoms with van der Waals surface area (Å²) >= 11 is 0. The monoisotopic (exact) mass is 222 g/mol. The van der Waals surface area contributed by atoms with Crippen molar-refractivity contribution in [3.05, 3.63) is 35.4 Å². The normalized spacial score (nSPS) is 23.4. The molecule has 1 aromatic carbocycles. The van der Waals surface area contributed by atoms with Crippen LogP contribution in [0.1, 0.15) is 24.2 Å². The van der Waals surface area contributed by atoms with Crippen molar-refractivity contribution in [3.8, 4) is 0 Å². The fourth-order valence-electron chi connectivity index (χ4n) is 2.09. The van der Waals surface area contributed by atoms with Gasteiger partial charge in [-0.15, -0.1) is 0 Å². The molecule has 0 heterocycles. The van der Waals surface area contributed by atoms with Gasteiger partial charge in [0.1, 0.15) is 6.10 Å². The molecule has 0 aliphatic heterocycles. The van der Waals surface area contributed by atoms with Gasteiger partial charge >= 0.3 is 0 Å². The zero-order valence-corrected chi connectivity index (χ0v) is 9.56. The summed E-state index contributed by atoms with van der Waals surface area (Å²) in [5.41, 5.74) is 2.19. The molecule has 16 heavy (non-hydrogen) atoms. The third kappa shape index (κ3) is 2.43. The third-order valence-corrected chi connectivity index (χ3v) is 2.91. The number of hydrogen-bond donors (Lipinski definition) is 1. The van der Waals surface area contributed by atoms with E-state index in [0.717, 1.165) is 12.0 Å². The second-order valence-electron chi connectivity index (χ2n) is 3.95. The van der Waals surface area contributed by atoms with Crippen molar-refractivity contribution in [1.29, 1.82) is 0 Å². The average molecular weight is 222 g/mol. The van der Waals surface area contributed by atoms with Crippen LogP contribution in [0.2, 0.25) is 0 Å². The van der Waals surface area contributed by atoms with Crippen molar-refractivity contribution in [1.82, 2.24) is 0 Å². The molecule has 1 aliphatic rings. The van der Waals surface area contributed by atoms with E-state index in [1.807, 2.05) is 31.2 Å². The van der Waals surface area contributed by atoms with Crippen LogP contribution >= 0.6 is 0 Å². The molecule has 3 heteroatoms. The molecule has 0 saturated carbocycles. The van der Waals surface area contributed by atoms with Gasteiger partial charge in [0.2, 0.25) is 0 Å². The zero-order valence-electron chi connectivity index (χ0n) is 9.56. The van der Waals surface area contributed by atoms with Crippen LogP contribution in [-0.2, 0) is 15.9 Å². The molecule has 88 valence electrons. The molecule has 0 bridgehead atoms. The van der Waals surface area contributed by atoms with Crippen molar-refractivity contribution < 1.29 is 14.6 Å². The van der Waals surface area contributed by atoms with Gasteiger partial charge in [-0.25, -0.2) is 0 Å². The summed E-state index contributed by atoms with van der Waals surface area (Å²) in [6.07, 6.45) is 0.194. The fraction of sp³-hybridized carbons (Fsp3) is 0.538. The van der Waals surface area contributed by atoms with Gasteiger partial charge in [0, 0.05) is 13.0 Å². The number of ether oxygens (including phenoxy) is 2. The van der Waals surface area contributed by atoms with E-state index in [-0.39, 0.29) is 6.10 Å². The topological polar surface area (TPSA) is 38.7 Å². The van der Waals surface area contributed by atoms with Gasteiger partial charge in [-0.2, -0.15) is 0 Å². The molecule has 2 atom stereocenters. The van der Waals surface area contributed by atoms with E-state index in [1.54, 1.807) is 0 Å². The van der Waals surface area contributed by atoms with Crippen LogP contribution in [0, 0.1) is 0 Å². The highest BCUT2D eigenvalue weighted by Crippen LogP contribution is 2.32. The number of fused-ring (bicyclic) bond motifs is 1. The Hall–Kier alpha value is -0.900. The van der Waals surface area contributed by atoms with Gasteiger partial charge in [0.05, 0.1) is 19.3 Å². The van der Waals surface area contributed by atoms with Gasteiger partial charge in [0.25, 0.3) is 0 Å². The number of aliphatic hydroxyl groups is 1. The Balaban J connectivity index is 1.87. The van der Waals surface area contributed by atoms with E-state index in [0.29, 0.717) is 19.8 Å². The smallest absolute Gasteiger partial charge is 0.106 e. The summed E-state index contributed by atoms with van der Waals surface area (Å²) in [6.45, 7) is 3.80. The Bertz CT molecular complexity index is 338. The highest BCUT2D eigenvalue weighted by atomic mass is 16.5. The first-order valence-corrected chi connectivity index (χ1v) is 5.78. The van der Waals surface area contributed by atoms with Gasteiger partial charge in [-0.1, -0.05) is 24.3 Å². The maximum Gasteiger partial charge on any atom is 0.106 e. The highest BCUT2D eigenvalue weighted by Gasteiger charge is 2.30. The Labute approximate surface area is 96.0 Å². The minimum Gasteiger partial charge on any atom is -0.386 e. The maximum atomic E-state index is 10.0. The summed E-state index contributed by atoms with van der Waals surface area (Å²) in [4.78, 5) is 0. The standard InChI is InChI=1S/C13H18O3/c1-2-15-7-8-16-12-9-10-5-3-4-6-11(10)13(12)14/h3-6,12-14H,2,7-9H2,1H3. The Morgan fingerprint density at radius 2 is 2.12 bits per heavy atom. The molecular weight excluding hydrogens is 204 g/mol. The van der Waals surface area contributed by atoms with Crippen LogP contribution in [0.5, 0.6) is 0 Å². The van der Waals surface area contributed by atoms with Gasteiger partial charge in [-0.05, 0) is 18.1 Å². The molecule has 1 aliphatic carbocycles. The van der Waals surface area contributed by atoms with Crippen LogP contribution in [-0.4, -0.2) is 31.0 Å². The molecule has 2 rings (SSSR count). The number of benzene rings is 1. The third-order valence-electron chi connectivity index (χ3n) is 2.91. The lowest BCUT2D eigenvalue weighted by Gasteiger charge is -2.15. The van der Waals surface area contributed by atoms with E-state index >= 15 is 0 Å². The minimum absolute atomic E-state index is 0.113. The molecular formula is C13H18O3. The second-order valence-corrected chi connectivity index (χ2v) is 3.95. The SMILES string of the molecule is CCOCCOC1Cc2ccccc2C1O. The predicted octanol–water partition coefficient (Wildman–Crippen LogP) is 1.70. The second kappa shape index (κ2) is 5.43. The molecule has 0 amide bonds. The fourth-order valence-corrected chi connectivity index (χ4v) is 2.09. The summed E-state index contributed by atoms with van der Waals surface area (Å²) < 4.78 is 10.8. The molecule has 0 spiro atoms. The summed E-state index contributed by atoms with van der Waals surface area (Å²) in [6, 6.07) is 7.95. The summed E-state index contributed by atoms with van der Waals surface area (Å²) in [5.74, 6) is 0.